The van der Waals surface area contributed by atoms with Gasteiger partial charge >= 0.3 is 0 Å². The highest BCUT2D eigenvalue weighted by atomic mass is 31.2. The van der Waals surface area contributed by atoms with Crippen LogP contribution < -0.4 is 10.2 Å². The van der Waals surface area contributed by atoms with Crippen molar-refractivity contribution in [1.82, 2.24) is 5.32 Å². The van der Waals surface area contributed by atoms with E-state index in [0.717, 1.165) is 57.8 Å². The Kier molecular flexibility index (Phi) is 28.1. The summed E-state index contributed by atoms with van der Waals surface area (Å²) in [7, 11) is 1.23. The molecular weight excluding hydrogens is 587 g/mol. The molecule has 0 bridgehead atoms. The number of rotatable bonds is 31. The quantitative estimate of drug-likeness (QED) is 0.0337. The number of aliphatic hydroxyl groups excluding tert-OH is 1. The van der Waals surface area contributed by atoms with Crippen LogP contribution in [0.4, 0.5) is 0 Å². The zero-order valence-electron chi connectivity index (χ0n) is 29.6. The van der Waals surface area contributed by atoms with E-state index in [2.05, 4.69) is 43.5 Å². The molecule has 264 valence electrons. The first kappa shape index (κ1) is 43.7. The topological polar surface area (TPSA) is 108 Å². The van der Waals surface area contributed by atoms with Crippen LogP contribution in [0.1, 0.15) is 136 Å². The second kappa shape index (κ2) is 28.9. The molecule has 3 unspecified atom stereocenters. The minimum Gasteiger partial charge on any atom is -0.756 e. The molecule has 0 aromatic rings. The van der Waals surface area contributed by atoms with Crippen molar-refractivity contribution < 1.29 is 32.9 Å². The Balaban J connectivity index is 4.53. The van der Waals surface area contributed by atoms with Crippen molar-refractivity contribution in [2.24, 2.45) is 0 Å². The number of quaternary nitrogens is 1. The smallest absolute Gasteiger partial charge is 0.268 e. The van der Waals surface area contributed by atoms with E-state index in [1.165, 1.54) is 57.8 Å². The summed E-state index contributed by atoms with van der Waals surface area (Å²) in [6, 6.07) is -0.902. The summed E-state index contributed by atoms with van der Waals surface area (Å²) in [4.78, 5) is 25.0. The number of nitrogens with zero attached hydrogens (tertiary/aromatic N) is 1. The number of phosphoric ester groups is 1. The molecule has 45 heavy (non-hydrogen) atoms. The van der Waals surface area contributed by atoms with Gasteiger partial charge < -0.3 is 28.8 Å². The summed E-state index contributed by atoms with van der Waals surface area (Å²) in [5.74, 6) is -0.223. The van der Waals surface area contributed by atoms with Crippen molar-refractivity contribution in [1.29, 1.82) is 0 Å². The molecule has 0 saturated heterocycles. The first-order valence-corrected chi connectivity index (χ1v) is 19.3. The molecule has 0 spiro atoms. The van der Waals surface area contributed by atoms with Crippen molar-refractivity contribution in [3.63, 3.8) is 0 Å². The molecule has 0 aromatic carbocycles. The lowest BCUT2D eigenvalue weighted by atomic mass is 10.1. The summed E-state index contributed by atoms with van der Waals surface area (Å²) in [5.41, 5.74) is 0. The Bertz CT molecular complexity index is 840. The molecule has 0 saturated carbocycles. The van der Waals surface area contributed by atoms with Gasteiger partial charge in [-0.05, 0) is 51.4 Å². The number of unbranched alkanes of at least 4 members (excludes halogenated alkanes) is 14. The normalized spacial score (nSPS) is 15.3. The van der Waals surface area contributed by atoms with Crippen LogP contribution in [0.5, 0.6) is 0 Å². The molecule has 0 aliphatic carbocycles. The molecule has 9 heteroatoms. The van der Waals surface area contributed by atoms with Gasteiger partial charge in [-0.25, -0.2) is 0 Å². The van der Waals surface area contributed by atoms with Gasteiger partial charge in [0, 0.05) is 6.42 Å². The Labute approximate surface area is 276 Å². The lowest BCUT2D eigenvalue weighted by Gasteiger charge is -2.29. The van der Waals surface area contributed by atoms with Crippen LogP contribution in [-0.4, -0.2) is 68.5 Å². The zero-order chi connectivity index (χ0) is 33.7. The van der Waals surface area contributed by atoms with E-state index in [9.17, 15) is 19.4 Å². The molecule has 0 aliphatic heterocycles. The minimum atomic E-state index is -4.58. The van der Waals surface area contributed by atoms with Crippen molar-refractivity contribution in [3.8, 4) is 0 Å². The largest absolute Gasteiger partial charge is 0.756 e. The number of nitrogens with one attached hydrogen (secondary N) is 1. The fraction of sp³-hybridized carbons (Fsp3) is 0.806. The third kappa shape index (κ3) is 31.1. The molecule has 8 nitrogen and oxygen atoms in total. The SMILES string of the molecule is CCCC/C=C/CC/C=C/C(O)C(COP(=O)([O-])OCC[N+](C)(C)C)NC(=O)CCCCCCC/C=C\CCCCCCCC. The number of carbonyl (C=O) groups is 1. The maximum atomic E-state index is 12.7. The fourth-order valence-electron chi connectivity index (χ4n) is 4.62. The van der Waals surface area contributed by atoms with Gasteiger partial charge in [0.25, 0.3) is 7.82 Å². The third-order valence-electron chi connectivity index (χ3n) is 7.57. The molecule has 0 rings (SSSR count). The molecule has 1 amide bonds. The highest BCUT2D eigenvalue weighted by molar-refractivity contribution is 7.45. The van der Waals surface area contributed by atoms with Gasteiger partial charge in [-0.2, -0.15) is 0 Å². The molecule has 0 aliphatic rings. The molecular formula is C36H69N2O6P. The summed E-state index contributed by atoms with van der Waals surface area (Å²) >= 11 is 0. The van der Waals surface area contributed by atoms with Gasteiger partial charge in [-0.15, -0.1) is 0 Å². The fourth-order valence-corrected chi connectivity index (χ4v) is 5.34. The van der Waals surface area contributed by atoms with Crippen LogP contribution in [0.2, 0.25) is 0 Å². The van der Waals surface area contributed by atoms with Gasteiger partial charge in [0.2, 0.25) is 5.91 Å². The Morgan fingerprint density at radius 2 is 1.27 bits per heavy atom. The standard InChI is InChI=1S/C36H69N2O6P/c1-6-8-10-12-14-16-17-18-19-20-21-22-24-26-28-30-36(40)37-34(33-44-45(41,42)43-32-31-38(3,4)5)35(39)29-27-25-23-15-13-11-9-7-2/h13,15,18-19,27,29,34-35,39H,6-12,14,16-17,20-26,28,30-33H2,1-5H3,(H-,37,40,41,42)/b15-13+,19-18-,29-27+. The van der Waals surface area contributed by atoms with E-state index in [4.69, 9.17) is 9.05 Å². The number of aliphatic hydroxyl groups is 1. The van der Waals surface area contributed by atoms with Gasteiger partial charge in [0.15, 0.2) is 0 Å². The number of phosphoric acid groups is 1. The van der Waals surface area contributed by atoms with Crippen LogP contribution in [0.15, 0.2) is 36.5 Å². The summed E-state index contributed by atoms with van der Waals surface area (Å²) < 4.78 is 22.9. The average Bonchev–Trinajstić information content (AvgIpc) is 2.97. The minimum absolute atomic E-state index is 0.00891. The van der Waals surface area contributed by atoms with Crippen molar-refractivity contribution in [2.45, 2.75) is 148 Å². The number of hydrogen-bond acceptors (Lipinski definition) is 6. The van der Waals surface area contributed by atoms with Gasteiger partial charge in [0.05, 0.1) is 39.9 Å². The first-order valence-electron chi connectivity index (χ1n) is 17.9. The van der Waals surface area contributed by atoms with E-state index in [1.807, 2.05) is 27.2 Å². The Hall–Kier alpha value is -1.28. The maximum absolute atomic E-state index is 12.7. The van der Waals surface area contributed by atoms with E-state index in [0.29, 0.717) is 17.4 Å². The Morgan fingerprint density at radius 3 is 1.87 bits per heavy atom. The zero-order valence-corrected chi connectivity index (χ0v) is 30.5. The first-order chi connectivity index (χ1) is 21.5. The number of hydrogen-bond donors (Lipinski definition) is 2. The molecule has 0 aromatic heterocycles. The predicted molar refractivity (Wildman–Crippen MR) is 187 cm³/mol. The van der Waals surface area contributed by atoms with Crippen molar-refractivity contribution >= 4 is 13.7 Å². The molecule has 0 radical (unpaired) electrons. The van der Waals surface area contributed by atoms with Gasteiger partial charge in [0.1, 0.15) is 13.2 Å². The van der Waals surface area contributed by atoms with Gasteiger partial charge in [-0.3, -0.25) is 9.36 Å². The number of allylic oxidation sites excluding steroid dienone is 5. The average molecular weight is 657 g/mol. The summed E-state index contributed by atoms with van der Waals surface area (Å²) in [6.45, 7) is 4.50. The summed E-state index contributed by atoms with van der Waals surface area (Å²) in [5, 5.41) is 13.6. The van der Waals surface area contributed by atoms with E-state index in [1.54, 1.807) is 6.08 Å². The van der Waals surface area contributed by atoms with Crippen LogP contribution in [0, 0.1) is 0 Å². The number of likely N-dealkylation sites (N-methyl/N-ethyl adjacent to an activating group) is 1. The molecule has 2 N–H and O–H groups in total. The van der Waals surface area contributed by atoms with E-state index in [-0.39, 0.29) is 12.5 Å². The predicted octanol–water partition coefficient (Wildman–Crippen LogP) is 8.16. The van der Waals surface area contributed by atoms with Crippen molar-refractivity contribution in [3.05, 3.63) is 36.5 Å². The van der Waals surface area contributed by atoms with Crippen LogP contribution >= 0.6 is 7.82 Å². The second-order valence-corrected chi connectivity index (χ2v) is 14.6. The highest BCUT2D eigenvalue weighted by Gasteiger charge is 2.23. The summed E-state index contributed by atoms with van der Waals surface area (Å²) in [6.07, 6.45) is 32.0. The lowest BCUT2D eigenvalue weighted by Crippen LogP contribution is -2.45. The molecule has 0 fully saturated rings. The van der Waals surface area contributed by atoms with Gasteiger partial charge in [-0.1, -0.05) is 115 Å². The Morgan fingerprint density at radius 1 is 0.756 bits per heavy atom. The van der Waals surface area contributed by atoms with Crippen LogP contribution in [0.3, 0.4) is 0 Å². The molecule has 3 atom stereocenters. The third-order valence-corrected chi connectivity index (χ3v) is 8.54. The number of carbonyl (C=O) groups excluding carboxylic acids is 1. The van der Waals surface area contributed by atoms with E-state index >= 15 is 0 Å². The second-order valence-electron chi connectivity index (χ2n) is 13.2. The van der Waals surface area contributed by atoms with Crippen LogP contribution in [0.25, 0.3) is 0 Å². The van der Waals surface area contributed by atoms with Crippen molar-refractivity contribution in [2.75, 3.05) is 40.9 Å². The van der Waals surface area contributed by atoms with E-state index < -0.39 is 26.6 Å². The molecule has 0 heterocycles. The maximum Gasteiger partial charge on any atom is 0.268 e. The monoisotopic (exact) mass is 656 g/mol. The highest BCUT2D eigenvalue weighted by Crippen LogP contribution is 2.38. The number of amides is 1. The lowest BCUT2D eigenvalue weighted by molar-refractivity contribution is -0.870. The van der Waals surface area contributed by atoms with Crippen LogP contribution in [-0.2, 0) is 18.4 Å².